The molecule has 1 fully saturated rings. The average molecular weight is 275 g/mol. The van der Waals surface area contributed by atoms with Crippen LogP contribution in [0.5, 0.6) is 0 Å². The Morgan fingerprint density at radius 2 is 2.00 bits per heavy atom. The van der Waals surface area contributed by atoms with Crippen molar-refractivity contribution in [3.63, 3.8) is 0 Å². The fraction of sp³-hybridized carbons (Fsp3) is 0.562. The summed E-state index contributed by atoms with van der Waals surface area (Å²) in [6, 6.07) is 9.56. The van der Waals surface area contributed by atoms with E-state index in [4.69, 9.17) is 5.73 Å². The molecule has 1 aromatic rings. The van der Waals surface area contributed by atoms with Gasteiger partial charge in [0.2, 0.25) is 5.91 Å². The minimum absolute atomic E-state index is 0.0750. The molecule has 1 atom stereocenters. The number of para-hydroxylation sites is 1. The molecule has 20 heavy (non-hydrogen) atoms. The van der Waals surface area contributed by atoms with E-state index in [0.29, 0.717) is 0 Å². The molecule has 4 nitrogen and oxygen atoms in total. The van der Waals surface area contributed by atoms with Crippen LogP contribution in [0.25, 0.3) is 0 Å². The maximum absolute atomic E-state index is 12.2. The van der Waals surface area contributed by atoms with Gasteiger partial charge in [-0.1, -0.05) is 18.2 Å². The maximum atomic E-state index is 12.2. The third-order valence-corrected chi connectivity index (χ3v) is 4.19. The van der Waals surface area contributed by atoms with Gasteiger partial charge in [-0.15, -0.1) is 0 Å². The SMILES string of the molecule is CC(C(=O)Nc1ccccc1)N1CCC(CCN)CC1. The molecule has 1 saturated heterocycles. The Hall–Kier alpha value is -1.39. The van der Waals surface area contributed by atoms with Gasteiger partial charge < -0.3 is 11.1 Å². The molecule has 3 N–H and O–H groups in total. The number of hydrogen-bond acceptors (Lipinski definition) is 3. The molecule has 1 aliphatic heterocycles. The van der Waals surface area contributed by atoms with Crippen molar-refractivity contribution in [3.8, 4) is 0 Å². The third kappa shape index (κ3) is 4.05. The van der Waals surface area contributed by atoms with Gasteiger partial charge in [0, 0.05) is 5.69 Å². The molecule has 110 valence electrons. The van der Waals surface area contributed by atoms with Gasteiger partial charge in [-0.25, -0.2) is 0 Å². The van der Waals surface area contributed by atoms with E-state index in [-0.39, 0.29) is 11.9 Å². The highest BCUT2D eigenvalue weighted by atomic mass is 16.2. The zero-order chi connectivity index (χ0) is 14.4. The summed E-state index contributed by atoms with van der Waals surface area (Å²) < 4.78 is 0. The van der Waals surface area contributed by atoms with Gasteiger partial charge >= 0.3 is 0 Å². The summed E-state index contributed by atoms with van der Waals surface area (Å²) in [7, 11) is 0. The number of benzene rings is 1. The summed E-state index contributed by atoms with van der Waals surface area (Å²) in [5.41, 5.74) is 6.47. The van der Waals surface area contributed by atoms with Crippen LogP contribution in [-0.4, -0.2) is 36.5 Å². The molecule has 0 radical (unpaired) electrons. The highest BCUT2D eigenvalue weighted by Crippen LogP contribution is 2.21. The number of rotatable bonds is 5. The van der Waals surface area contributed by atoms with Crippen molar-refractivity contribution in [2.24, 2.45) is 11.7 Å². The van der Waals surface area contributed by atoms with Gasteiger partial charge in [0.05, 0.1) is 6.04 Å². The minimum atomic E-state index is -0.0750. The first kappa shape index (κ1) is 15.0. The molecular formula is C16H25N3O. The van der Waals surface area contributed by atoms with E-state index in [9.17, 15) is 4.79 Å². The minimum Gasteiger partial charge on any atom is -0.330 e. The molecule has 2 rings (SSSR count). The van der Waals surface area contributed by atoms with Crippen molar-refractivity contribution in [1.82, 2.24) is 4.90 Å². The van der Waals surface area contributed by atoms with Crippen LogP contribution in [0, 0.1) is 5.92 Å². The second-order valence-corrected chi connectivity index (χ2v) is 5.59. The van der Waals surface area contributed by atoms with Crippen molar-refractivity contribution in [1.29, 1.82) is 0 Å². The molecule has 0 saturated carbocycles. The standard InChI is InChI=1S/C16H25N3O/c1-13(16(20)18-15-5-3-2-4-6-15)19-11-8-14(7-10-17)9-12-19/h2-6,13-14H,7-12,17H2,1H3,(H,18,20). The second kappa shape index (κ2) is 7.41. The fourth-order valence-electron chi connectivity index (χ4n) is 2.80. The van der Waals surface area contributed by atoms with Gasteiger partial charge in [0.25, 0.3) is 0 Å². The van der Waals surface area contributed by atoms with Gasteiger partial charge in [-0.3, -0.25) is 9.69 Å². The Kier molecular flexibility index (Phi) is 5.56. The molecule has 1 amide bonds. The Labute approximate surface area is 121 Å². The molecule has 1 aliphatic rings. The number of amides is 1. The van der Waals surface area contributed by atoms with E-state index >= 15 is 0 Å². The fourth-order valence-corrected chi connectivity index (χ4v) is 2.80. The molecule has 1 aromatic carbocycles. The largest absolute Gasteiger partial charge is 0.330 e. The number of nitrogens with two attached hydrogens (primary N) is 1. The van der Waals surface area contributed by atoms with Crippen molar-refractivity contribution in [2.75, 3.05) is 25.0 Å². The quantitative estimate of drug-likeness (QED) is 0.865. The number of hydrogen-bond donors (Lipinski definition) is 2. The molecular weight excluding hydrogens is 250 g/mol. The Balaban J connectivity index is 1.82. The number of nitrogens with one attached hydrogen (secondary N) is 1. The molecule has 0 aromatic heterocycles. The smallest absolute Gasteiger partial charge is 0.241 e. The number of nitrogens with zero attached hydrogens (tertiary/aromatic N) is 1. The van der Waals surface area contributed by atoms with Crippen LogP contribution in [0.1, 0.15) is 26.2 Å². The summed E-state index contributed by atoms with van der Waals surface area (Å²) in [5, 5.41) is 2.97. The normalized spacial score (nSPS) is 18.7. The maximum Gasteiger partial charge on any atom is 0.241 e. The summed E-state index contributed by atoms with van der Waals surface area (Å²) in [6.45, 7) is 4.75. The number of likely N-dealkylation sites (tertiary alicyclic amines) is 1. The summed E-state index contributed by atoms with van der Waals surface area (Å²) >= 11 is 0. The van der Waals surface area contributed by atoms with Crippen LogP contribution in [0.4, 0.5) is 5.69 Å². The van der Waals surface area contributed by atoms with Crippen LogP contribution >= 0.6 is 0 Å². The Morgan fingerprint density at radius 3 is 2.60 bits per heavy atom. The van der Waals surface area contributed by atoms with Gasteiger partial charge in [-0.05, 0) is 63.9 Å². The Morgan fingerprint density at radius 1 is 1.35 bits per heavy atom. The number of carbonyl (C=O) groups is 1. The molecule has 1 heterocycles. The first-order valence-corrected chi connectivity index (χ1v) is 7.50. The van der Waals surface area contributed by atoms with Gasteiger partial charge in [0.15, 0.2) is 0 Å². The topological polar surface area (TPSA) is 58.4 Å². The van der Waals surface area contributed by atoms with Gasteiger partial charge in [-0.2, -0.15) is 0 Å². The molecule has 1 unspecified atom stereocenters. The van der Waals surface area contributed by atoms with E-state index in [1.165, 1.54) is 0 Å². The van der Waals surface area contributed by atoms with Crippen molar-refractivity contribution < 1.29 is 4.79 Å². The lowest BCUT2D eigenvalue weighted by atomic mass is 9.93. The predicted molar refractivity (Wildman–Crippen MR) is 82.5 cm³/mol. The lowest BCUT2D eigenvalue weighted by Crippen LogP contribution is -2.46. The second-order valence-electron chi connectivity index (χ2n) is 5.59. The van der Waals surface area contributed by atoms with E-state index < -0.39 is 0 Å². The number of anilines is 1. The lowest BCUT2D eigenvalue weighted by Gasteiger charge is -2.35. The number of piperidine rings is 1. The molecule has 0 bridgehead atoms. The summed E-state index contributed by atoms with van der Waals surface area (Å²) in [6.07, 6.45) is 3.42. The predicted octanol–water partition coefficient (Wildman–Crippen LogP) is 2.07. The zero-order valence-electron chi connectivity index (χ0n) is 12.2. The van der Waals surface area contributed by atoms with Crippen molar-refractivity contribution >= 4 is 11.6 Å². The van der Waals surface area contributed by atoms with Crippen molar-refractivity contribution in [3.05, 3.63) is 30.3 Å². The van der Waals surface area contributed by atoms with E-state index in [0.717, 1.165) is 50.5 Å². The summed E-state index contributed by atoms with van der Waals surface area (Å²) in [4.78, 5) is 14.5. The molecule has 4 heteroatoms. The first-order valence-electron chi connectivity index (χ1n) is 7.50. The van der Waals surface area contributed by atoms with E-state index in [1.807, 2.05) is 37.3 Å². The monoisotopic (exact) mass is 275 g/mol. The van der Waals surface area contributed by atoms with Gasteiger partial charge in [0.1, 0.15) is 0 Å². The van der Waals surface area contributed by atoms with Crippen molar-refractivity contribution in [2.45, 2.75) is 32.2 Å². The van der Waals surface area contributed by atoms with E-state index in [1.54, 1.807) is 0 Å². The highest BCUT2D eigenvalue weighted by molar-refractivity contribution is 5.94. The Bertz CT molecular complexity index is 413. The van der Waals surface area contributed by atoms with E-state index in [2.05, 4.69) is 10.2 Å². The zero-order valence-corrected chi connectivity index (χ0v) is 12.2. The van der Waals surface area contributed by atoms with Crippen LogP contribution in [0.15, 0.2) is 30.3 Å². The van der Waals surface area contributed by atoms with Crippen LogP contribution in [-0.2, 0) is 4.79 Å². The lowest BCUT2D eigenvalue weighted by molar-refractivity contribution is -0.121. The molecule has 0 aliphatic carbocycles. The first-order chi connectivity index (χ1) is 9.70. The van der Waals surface area contributed by atoms with Crippen LogP contribution in [0.2, 0.25) is 0 Å². The highest BCUT2D eigenvalue weighted by Gasteiger charge is 2.26. The number of carbonyl (C=O) groups excluding carboxylic acids is 1. The average Bonchev–Trinajstić information content (AvgIpc) is 2.48. The third-order valence-electron chi connectivity index (χ3n) is 4.19. The van der Waals surface area contributed by atoms with Crippen LogP contribution in [0.3, 0.4) is 0 Å². The van der Waals surface area contributed by atoms with Crippen LogP contribution < -0.4 is 11.1 Å². The molecule has 0 spiro atoms. The summed E-state index contributed by atoms with van der Waals surface area (Å²) in [5.74, 6) is 0.814.